The second kappa shape index (κ2) is 9.30. The summed E-state index contributed by atoms with van der Waals surface area (Å²) in [7, 11) is -4.02. The zero-order valence-corrected chi connectivity index (χ0v) is 19.7. The van der Waals surface area contributed by atoms with E-state index in [1.54, 1.807) is 24.3 Å². The van der Waals surface area contributed by atoms with E-state index in [0.717, 1.165) is 6.42 Å². The summed E-state index contributed by atoms with van der Waals surface area (Å²) in [5.74, 6) is -0.991. The first-order chi connectivity index (χ1) is 15.4. The highest BCUT2D eigenvalue weighted by atomic mass is 32.2. The number of nitrogens with two attached hydrogens (primary N) is 2. The maximum atomic E-state index is 13.0. The normalized spacial score (nSPS) is 24.4. The van der Waals surface area contributed by atoms with Crippen LogP contribution in [0.15, 0.2) is 29.3 Å². The lowest BCUT2D eigenvalue weighted by atomic mass is 9.70. The summed E-state index contributed by atoms with van der Waals surface area (Å²) in [4.78, 5) is 28.3. The number of benzene rings is 1. The van der Waals surface area contributed by atoms with Gasteiger partial charge in [0.15, 0.2) is 5.96 Å². The fraction of sp³-hybridized carbons (Fsp3) is 0.591. The highest BCUT2D eigenvalue weighted by molar-refractivity contribution is 7.89. The Morgan fingerprint density at radius 2 is 1.97 bits per heavy atom. The third kappa shape index (κ3) is 5.30. The molecule has 3 atom stereocenters. The number of hydrogen-bond donors (Lipinski definition) is 4. The van der Waals surface area contributed by atoms with Gasteiger partial charge in [-0.2, -0.15) is 0 Å². The summed E-state index contributed by atoms with van der Waals surface area (Å²) in [6.45, 7) is 4.46. The van der Waals surface area contributed by atoms with Gasteiger partial charge in [-0.15, -0.1) is 0 Å². The smallest absolute Gasteiger partial charge is 0.322 e. The Hall–Kier alpha value is -2.66. The topological polar surface area (TPSA) is 174 Å². The molecule has 0 spiro atoms. The molecule has 2 aliphatic rings. The molecule has 10 nitrogen and oxygen atoms in total. The van der Waals surface area contributed by atoms with Gasteiger partial charge < -0.3 is 21.3 Å². The number of aliphatic imine (C=N–C) groups is 1. The summed E-state index contributed by atoms with van der Waals surface area (Å²) in [6.07, 6.45) is 1.69. The van der Waals surface area contributed by atoms with Crippen molar-refractivity contribution in [2.45, 2.75) is 45.6 Å². The van der Waals surface area contributed by atoms with Crippen molar-refractivity contribution in [3.63, 3.8) is 0 Å². The van der Waals surface area contributed by atoms with Crippen molar-refractivity contribution in [1.82, 2.24) is 4.72 Å². The summed E-state index contributed by atoms with van der Waals surface area (Å²) in [5, 5.41) is 9.63. The highest BCUT2D eigenvalue weighted by Gasteiger charge is 2.65. The van der Waals surface area contributed by atoms with Crippen LogP contribution in [0.3, 0.4) is 0 Å². The number of carbonyl (C=O) groups excluding carboxylic acids is 1. The molecule has 11 heteroatoms. The minimum absolute atomic E-state index is 0.0238. The number of Topliss-reactive ketones (excluding diaryl/α,β-unsaturated/α-hetero) is 1. The SMILES string of the molecule is CC1(C)C2CCC1(CS(=O)(=O)N[C@@H](Cc1ccc(OCCN=C(N)N)cc1)C(=O)O)C(=O)C2. The minimum atomic E-state index is -4.02. The third-order valence-electron chi connectivity index (χ3n) is 7.21. The number of ether oxygens (including phenoxy) is 1. The van der Waals surface area contributed by atoms with E-state index in [0.29, 0.717) is 30.7 Å². The van der Waals surface area contributed by atoms with E-state index in [1.165, 1.54) is 0 Å². The maximum Gasteiger partial charge on any atom is 0.322 e. The van der Waals surface area contributed by atoms with Gasteiger partial charge in [-0.05, 0) is 48.3 Å². The van der Waals surface area contributed by atoms with Crippen LogP contribution in [0.1, 0.15) is 38.7 Å². The number of carboxylic acid groups (broad SMARTS) is 1. The van der Waals surface area contributed by atoms with Crippen LogP contribution in [-0.2, 0) is 26.0 Å². The average Bonchev–Trinajstić information content (AvgIpc) is 3.05. The van der Waals surface area contributed by atoms with Crippen molar-refractivity contribution in [2.24, 2.45) is 33.2 Å². The Labute approximate surface area is 193 Å². The molecule has 2 unspecified atom stereocenters. The first-order valence-corrected chi connectivity index (χ1v) is 12.5. The number of hydrogen-bond acceptors (Lipinski definition) is 6. The summed E-state index contributed by atoms with van der Waals surface area (Å²) in [6, 6.07) is 5.32. The lowest BCUT2D eigenvalue weighted by Gasteiger charge is -2.36. The average molecular weight is 481 g/mol. The van der Waals surface area contributed by atoms with Crippen molar-refractivity contribution in [3.05, 3.63) is 29.8 Å². The molecule has 0 amide bonds. The Morgan fingerprint density at radius 1 is 1.30 bits per heavy atom. The van der Waals surface area contributed by atoms with E-state index >= 15 is 0 Å². The number of carboxylic acids is 1. The molecule has 2 saturated carbocycles. The van der Waals surface area contributed by atoms with Gasteiger partial charge in [0.1, 0.15) is 24.2 Å². The van der Waals surface area contributed by atoms with Crippen molar-refractivity contribution in [1.29, 1.82) is 0 Å². The van der Waals surface area contributed by atoms with Gasteiger partial charge in [0.05, 0.1) is 12.3 Å². The summed E-state index contributed by atoms with van der Waals surface area (Å²) < 4.78 is 33.8. The number of sulfonamides is 1. The van der Waals surface area contributed by atoms with E-state index in [9.17, 15) is 23.1 Å². The number of guanidine groups is 1. The Morgan fingerprint density at radius 3 is 2.48 bits per heavy atom. The molecule has 33 heavy (non-hydrogen) atoms. The second-order valence-corrected chi connectivity index (χ2v) is 11.2. The molecule has 3 rings (SSSR count). The van der Waals surface area contributed by atoms with Gasteiger partial charge in [-0.25, -0.2) is 13.1 Å². The van der Waals surface area contributed by atoms with Crippen LogP contribution in [-0.4, -0.2) is 56.2 Å². The number of fused-ring (bicyclic) bond motifs is 2. The molecular weight excluding hydrogens is 448 g/mol. The molecule has 2 bridgehead atoms. The fourth-order valence-corrected chi connectivity index (χ4v) is 7.19. The molecule has 0 aliphatic heterocycles. The van der Waals surface area contributed by atoms with Gasteiger partial charge in [-0.1, -0.05) is 26.0 Å². The van der Waals surface area contributed by atoms with E-state index in [4.69, 9.17) is 16.2 Å². The third-order valence-corrected chi connectivity index (χ3v) is 8.73. The van der Waals surface area contributed by atoms with Crippen LogP contribution < -0.4 is 20.9 Å². The first kappa shape index (κ1) is 25.0. The highest BCUT2D eigenvalue weighted by Crippen LogP contribution is 2.64. The molecule has 2 aliphatic carbocycles. The van der Waals surface area contributed by atoms with Crippen LogP contribution >= 0.6 is 0 Å². The van der Waals surface area contributed by atoms with Crippen LogP contribution in [0.2, 0.25) is 0 Å². The fourth-order valence-electron chi connectivity index (χ4n) is 5.17. The Balaban J connectivity index is 1.64. The summed E-state index contributed by atoms with van der Waals surface area (Å²) in [5.41, 5.74) is 9.74. The van der Waals surface area contributed by atoms with Crippen LogP contribution in [0.5, 0.6) is 5.75 Å². The molecule has 1 aromatic carbocycles. The van der Waals surface area contributed by atoms with Crippen molar-refractivity contribution < 1.29 is 27.9 Å². The Bertz CT molecular complexity index is 1030. The largest absolute Gasteiger partial charge is 0.492 e. The van der Waals surface area contributed by atoms with Crippen LogP contribution in [0.25, 0.3) is 0 Å². The number of nitrogens with one attached hydrogen (secondary N) is 1. The van der Waals surface area contributed by atoms with E-state index < -0.39 is 32.9 Å². The number of nitrogens with zero attached hydrogens (tertiary/aromatic N) is 1. The molecule has 6 N–H and O–H groups in total. The van der Waals surface area contributed by atoms with E-state index in [2.05, 4.69) is 9.71 Å². The van der Waals surface area contributed by atoms with Crippen LogP contribution in [0, 0.1) is 16.7 Å². The van der Waals surface area contributed by atoms with Crippen molar-refractivity contribution in [3.8, 4) is 5.75 Å². The first-order valence-electron chi connectivity index (χ1n) is 10.9. The number of carbonyl (C=O) groups is 2. The van der Waals surface area contributed by atoms with Gasteiger partial charge >= 0.3 is 5.97 Å². The monoisotopic (exact) mass is 480 g/mol. The minimum Gasteiger partial charge on any atom is -0.492 e. The zero-order valence-electron chi connectivity index (χ0n) is 18.9. The van der Waals surface area contributed by atoms with E-state index in [-0.39, 0.29) is 36.4 Å². The molecule has 0 radical (unpaired) electrons. The number of aliphatic carboxylic acids is 1. The van der Waals surface area contributed by atoms with Gasteiger partial charge in [0, 0.05) is 11.8 Å². The molecule has 0 saturated heterocycles. The molecular formula is C22H32N4O6S. The lowest BCUT2D eigenvalue weighted by Crippen LogP contribution is -2.49. The second-order valence-electron chi connectivity index (χ2n) is 9.44. The standard InChI is InChI=1S/C22H32N4O6S/c1-21(2)15-7-8-22(21,18(27)12-15)13-33(30,31)26-17(19(28)29)11-14-3-5-16(6-4-14)32-10-9-25-20(23)24/h3-6,15,17,26H,7-13H2,1-2H3,(H,28,29)(H4,23,24,25)/t15?,17-,22?/m0/s1. The number of rotatable bonds is 11. The lowest BCUT2D eigenvalue weighted by molar-refractivity contribution is -0.138. The molecule has 1 aromatic rings. The molecule has 0 aromatic heterocycles. The predicted octanol–water partition coefficient (Wildman–Crippen LogP) is 0.649. The Kier molecular flexibility index (Phi) is 7.04. The van der Waals surface area contributed by atoms with Gasteiger partial charge in [0.2, 0.25) is 10.0 Å². The summed E-state index contributed by atoms with van der Waals surface area (Å²) >= 11 is 0. The predicted molar refractivity (Wildman–Crippen MR) is 123 cm³/mol. The zero-order chi connectivity index (χ0) is 24.4. The molecule has 2 fully saturated rings. The van der Waals surface area contributed by atoms with Crippen molar-refractivity contribution >= 4 is 27.7 Å². The van der Waals surface area contributed by atoms with Gasteiger partial charge in [-0.3, -0.25) is 14.6 Å². The van der Waals surface area contributed by atoms with Crippen molar-refractivity contribution in [2.75, 3.05) is 18.9 Å². The van der Waals surface area contributed by atoms with E-state index in [1.807, 2.05) is 13.8 Å². The maximum absolute atomic E-state index is 13.0. The number of ketones is 1. The quantitative estimate of drug-likeness (QED) is 0.203. The molecule has 0 heterocycles. The van der Waals surface area contributed by atoms with Crippen LogP contribution in [0.4, 0.5) is 0 Å². The van der Waals surface area contributed by atoms with Gasteiger partial charge in [0.25, 0.3) is 0 Å². The molecule has 182 valence electrons.